The van der Waals surface area contributed by atoms with Gasteiger partial charge in [0.15, 0.2) is 11.5 Å². The molecule has 1 aliphatic carbocycles. The van der Waals surface area contributed by atoms with E-state index in [-0.39, 0.29) is 36.3 Å². The van der Waals surface area contributed by atoms with Crippen LogP contribution in [0.2, 0.25) is 0 Å². The van der Waals surface area contributed by atoms with Crippen LogP contribution in [-0.4, -0.2) is 35.9 Å². The van der Waals surface area contributed by atoms with Crippen LogP contribution in [0.15, 0.2) is 10.6 Å². The van der Waals surface area contributed by atoms with Crippen LogP contribution < -0.4 is 5.32 Å². The molecular weight excluding hydrogens is 248 g/mol. The predicted octanol–water partition coefficient (Wildman–Crippen LogP) is 1.10. The van der Waals surface area contributed by atoms with E-state index in [4.69, 9.17) is 9.26 Å². The summed E-state index contributed by atoms with van der Waals surface area (Å²) in [7, 11) is 1.55. The molecule has 1 aromatic rings. The van der Waals surface area contributed by atoms with Gasteiger partial charge in [0, 0.05) is 24.6 Å². The van der Waals surface area contributed by atoms with Crippen molar-refractivity contribution in [2.45, 2.75) is 38.8 Å². The minimum Gasteiger partial charge on any atom is -0.396 e. The molecule has 1 aliphatic rings. The number of nitrogens with one attached hydrogen (secondary N) is 1. The summed E-state index contributed by atoms with van der Waals surface area (Å²) in [5.41, 5.74) is 0.00798. The van der Waals surface area contributed by atoms with Gasteiger partial charge in [-0.1, -0.05) is 18.5 Å². The highest BCUT2D eigenvalue weighted by molar-refractivity contribution is 5.92. The SMILES string of the molecule is COCc1cc(C(=O)NC2CCCC2(C)CO)no1. The average Bonchev–Trinajstić information content (AvgIpc) is 2.99. The zero-order chi connectivity index (χ0) is 13.9. The maximum absolute atomic E-state index is 12.1. The summed E-state index contributed by atoms with van der Waals surface area (Å²) in [6.45, 7) is 2.36. The number of aliphatic hydroxyl groups excluding tert-OH is 1. The first-order valence-electron chi connectivity index (χ1n) is 6.45. The number of nitrogens with zero attached hydrogens (tertiary/aromatic N) is 1. The van der Waals surface area contributed by atoms with Gasteiger partial charge in [-0.15, -0.1) is 0 Å². The van der Waals surface area contributed by atoms with Gasteiger partial charge >= 0.3 is 0 Å². The fourth-order valence-corrected chi connectivity index (χ4v) is 2.53. The molecule has 1 aromatic heterocycles. The summed E-state index contributed by atoms with van der Waals surface area (Å²) in [5, 5.41) is 16.1. The number of methoxy groups -OCH3 is 1. The molecule has 2 atom stereocenters. The van der Waals surface area contributed by atoms with Crippen LogP contribution in [0, 0.1) is 5.41 Å². The van der Waals surface area contributed by atoms with Crippen LogP contribution in [0.25, 0.3) is 0 Å². The van der Waals surface area contributed by atoms with Gasteiger partial charge in [0.1, 0.15) is 6.61 Å². The predicted molar refractivity (Wildman–Crippen MR) is 67.5 cm³/mol. The van der Waals surface area contributed by atoms with Gasteiger partial charge in [-0.25, -0.2) is 0 Å². The van der Waals surface area contributed by atoms with E-state index in [0.717, 1.165) is 19.3 Å². The van der Waals surface area contributed by atoms with E-state index in [1.54, 1.807) is 13.2 Å². The van der Waals surface area contributed by atoms with Gasteiger partial charge in [-0.05, 0) is 12.8 Å². The third-order valence-electron chi connectivity index (χ3n) is 3.83. The van der Waals surface area contributed by atoms with Crippen molar-refractivity contribution < 1.29 is 19.2 Å². The Morgan fingerprint density at radius 1 is 1.74 bits per heavy atom. The highest BCUT2D eigenvalue weighted by Gasteiger charge is 2.39. The van der Waals surface area contributed by atoms with E-state index in [0.29, 0.717) is 5.76 Å². The lowest BCUT2D eigenvalue weighted by Crippen LogP contribution is -2.44. The zero-order valence-corrected chi connectivity index (χ0v) is 11.3. The number of carbonyl (C=O) groups excluding carboxylic acids is 1. The van der Waals surface area contributed by atoms with Gasteiger partial charge in [0.2, 0.25) is 0 Å². The van der Waals surface area contributed by atoms with Crippen molar-refractivity contribution in [1.29, 1.82) is 0 Å². The molecule has 0 aliphatic heterocycles. The second-order valence-corrected chi connectivity index (χ2v) is 5.34. The molecule has 1 heterocycles. The number of aliphatic hydroxyl groups is 1. The molecule has 6 heteroatoms. The first kappa shape index (κ1) is 14.0. The van der Waals surface area contributed by atoms with Crippen LogP contribution >= 0.6 is 0 Å². The third kappa shape index (κ3) is 2.96. The molecular formula is C13H20N2O4. The second kappa shape index (κ2) is 5.71. The lowest BCUT2D eigenvalue weighted by molar-refractivity contribution is 0.0822. The van der Waals surface area contributed by atoms with Gasteiger partial charge in [0.05, 0.1) is 6.61 Å². The number of rotatable bonds is 5. The largest absolute Gasteiger partial charge is 0.396 e. The van der Waals surface area contributed by atoms with E-state index in [2.05, 4.69) is 10.5 Å². The fourth-order valence-electron chi connectivity index (χ4n) is 2.53. The lowest BCUT2D eigenvalue weighted by atomic mass is 9.86. The van der Waals surface area contributed by atoms with Crippen molar-refractivity contribution >= 4 is 5.91 Å². The molecule has 6 nitrogen and oxygen atoms in total. The number of amides is 1. The smallest absolute Gasteiger partial charge is 0.273 e. The molecule has 2 unspecified atom stereocenters. The monoisotopic (exact) mass is 268 g/mol. The number of carbonyl (C=O) groups is 1. The Morgan fingerprint density at radius 3 is 3.21 bits per heavy atom. The molecule has 0 spiro atoms. The summed E-state index contributed by atoms with van der Waals surface area (Å²) < 4.78 is 9.89. The molecule has 0 bridgehead atoms. The summed E-state index contributed by atoms with van der Waals surface area (Å²) in [4.78, 5) is 12.1. The Bertz CT molecular complexity index is 446. The third-order valence-corrected chi connectivity index (χ3v) is 3.83. The average molecular weight is 268 g/mol. The van der Waals surface area contributed by atoms with Crippen molar-refractivity contribution in [3.8, 4) is 0 Å². The molecule has 0 saturated heterocycles. The molecule has 2 rings (SSSR count). The Balaban J connectivity index is 2.00. The summed E-state index contributed by atoms with van der Waals surface area (Å²) in [5.74, 6) is 0.252. The van der Waals surface area contributed by atoms with Crippen LogP contribution in [0.3, 0.4) is 0 Å². The van der Waals surface area contributed by atoms with Crippen molar-refractivity contribution in [1.82, 2.24) is 10.5 Å². The Kier molecular flexibility index (Phi) is 4.21. The zero-order valence-electron chi connectivity index (χ0n) is 11.3. The summed E-state index contributed by atoms with van der Waals surface area (Å²) >= 11 is 0. The maximum atomic E-state index is 12.1. The van der Waals surface area contributed by atoms with E-state index in [1.807, 2.05) is 6.92 Å². The van der Waals surface area contributed by atoms with Gasteiger partial charge in [0.25, 0.3) is 5.91 Å². The summed E-state index contributed by atoms with van der Waals surface area (Å²) in [6, 6.07) is 1.55. The molecule has 2 N–H and O–H groups in total. The highest BCUT2D eigenvalue weighted by atomic mass is 16.5. The molecule has 19 heavy (non-hydrogen) atoms. The molecule has 1 saturated carbocycles. The standard InChI is InChI=1S/C13H20N2O4/c1-13(8-16)5-3-4-11(13)14-12(17)10-6-9(7-18-2)19-15-10/h6,11,16H,3-5,7-8H2,1-2H3,(H,14,17). The van der Waals surface area contributed by atoms with Crippen molar-refractivity contribution in [3.63, 3.8) is 0 Å². The Morgan fingerprint density at radius 2 is 2.53 bits per heavy atom. The molecule has 106 valence electrons. The van der Waals surface area contributed by atoms with E-state index < -0.39 is 0 Å². The normalized spacial score (nSPS) is 26.6. The quantitative estimate of drug-likeness (QED) is 0.835. The van der Waals surface area contributed by atoms with Gasteiger partial charge in [-0.3, -0.25) is 4.79 Å². The molecule has 0 aromatic carbocycles. The van der Waals surface area contributed by atoms with Crippen LogP contribution in [0.5, 0.6) is 0 Å². The number of aromatic nitrogens is 1. The van der Waals surface area contributed by atoms with Gasteiger partial charge in [-0.2, -0.15) is 0 Å². The summed E-state index contributed by atoms with van der Waals surface area (Å²) in [6.07, 6.45) is 2.81. The first-order valence-corrected chi connectivity index (χ1v) is 6.45. The van der Waals surface area contributed by atoms with E-state index in [1.165, 1.54) is 0 Å². The number of hydrogen-bond donors (Lipinski definition) is 2. The van der Waals surface area contributed by atoms with E-state index in [9.17, 15) is 9.90 Å². The Labute approximate surface area is 112 Å². The minimum absolute atomic E-state index is 0.0208. The topological polar surface area (TPSA) is 84.6 Å². The number of ether oxygens (including phenoxy) is 1. The van der Waals surface area contributed by atoms with Gasteiger partial charge < -0.3 is 19.7 Å². The van der Waals surface area contributed by atoms with Crippen molar-refractivity contribution in [2.75, 3.05) is 13.7 Å². The lowest BCUT2D eigenvalue weighted by Gasteiger charge is -2.29. The minimum atomic E-state index is -0.266. The fraction of sp³-hybridized carbons (Fsp3) is 0.692. The molecule has 0 radical (unpaired) electrons. The highest BCUT2D eigenvalue weighted by Crippen LogP contribution is 2.37. The van der Waals surface area contributed by atoms with Crippen molar-refractivity contribution in [3.05, 3.63) is 17.5 Å². The van der Waals surface area contributed by atoms with Crippen LogP contribution in [0.4, 0.5) is 0 Å². The van der Waals surface area contributed by atoms with Crippen molar-refractivity contribution in [2.24, 2.45) is 5.41 Å². The Hall–Kier alpha value is -1.40. The molecule has 1 fully saturated rings. The first-order chi connectivity index (χ1) is 9.09. The van der Waals surface area contributed by atoms with Crippen LogP contribution in [-0.2, 0) is 11.3 Å². The second-order valence-electron chi connectivity index (χ2n) is 5.34. The molecule has 1 amide bonds. The van der Waals surface area contributed by atoms with Crippen LogP contribution in [0.1, 0.15) is 42.4 Å². The number of hydrogen-bond acceptors (Lipinski definition) is 5. The van der Waals surface area contributed by atoms with E-state index >= 15 is 0 Å². The maximum Gasteiger partial charge on any atom is 0.273 e.